The fraction of sp³-hybridized carbons (Fsp3) is 0.571. The topological polar surface area (TPSA) is 95.2 Å². The zero-order valence-electron chi connectivity index (χ0n) is 15.9. The van der Waals surface area contributed by atoms with Crippen molar-refractivity contribution in [2.75, 3.05) is 0 Å². The van der Waals surface area contributed by atoms with Gasteiger partial charge in [0.2, 0.25) is 0 Å². The first-order valence-corrected chi connectivity index (χ1v) is 5.09. The molecule has 0 aromatic carbocycles. The molecule has 1 aliphatic carbocycles. The van der Waals surface area contributed by atoms with E-state index in [9.17, 15) is 21.0 Å². The molecule has 1 saturated carbocycles. The van der Waals surface area contributed by atoms with E-state index < -0.39 is 41.4 Å². The van der Waals surface area contributed by atoms with Crippen molar-refractivity contribution in [1.29, 1.82) is 21.0 Å². The predicted octanol–water partition coefficient (Wildman–Crippen LogP) is 2.68. The van der Waals surface area contributed by atoms with E-state index in [1.807, 2.05) is 0 Å². The molecule has 4 nitrogen and oxygen atoms in total. The molecule has 0 saturated heterocycles. The van der Waals surface area contributed by atoms with Crippen LogP contribution in [-0.4, -0.2) is 0 Å². The zero-order valence-corrected chi connectivity index (χ0v) is 9.94. The number of hydrogen-bond donors (Lipinski definition) is 0. The van der Waals surface area contributed by atoms with Gasteiger partial charge in [-0.15, -0.1) is 0 Å². The van der Waals surface area contributed by atoms with E-state index in [4.69, 9.17) is 8.22 Å². The maximum atomic E-state index is 9.47. The van der Waals surface area contributed by atoms with E-state index in [1.54, 1.807) is 24.3 Å². The van der Waals surface area contributed by atoms with E-state index in [-0.39, 0.29) is 0 Å². The average molecular weight is 244 g/mol. The van der Waals surface area contributed by atoms with Crippen LogP contribution in [0.5, 0.6) is 0 Å². The molecule has 0 amide bonds. The van der Waals surface area contributed by atoms with Crippen LogP contribution in [0.25, 0.3) is 0 Å². The second-order valence-corrected chi connectivity index (χ2v) is 4.78. The molecule has 0 heterocycles. The van der Waals surface area contributed by atoms with Crippen molar-refractivity contribution >= 4 is 0 Å². The molecule has 18 heavy (non-hydrogen) atoms. The standard InChI is InChI=1S/C14H14N4/c1-10(2)5-11-12(3,4)14(8-17,9-18)13(11,6-15)7-16/h5,11H,1-4H3/i1D3,2D3. The molecular formula is C14H14N4. The quantitative estimate of drug-likeness (QED) is 0.662. The van der Waals surface area contributed by atoms with Gasteiger partial charge in [0, 0.05) is 19.6 Å². The Hall–Kier alpha value is -2.30. The minimum Gasteiger partial charge on any atom is -0.196 e. The highest BCUT2D eigenvalue weighted by Gasteiger charge is 2.79. The Morgan fingerprint density at radius 3 is 1.89 bits per heavy atom. The summed E-state index contributed by atoms with van der Waals surface area (Å²) in [6.45, 7) is -3.06. The van der Waals surface area contributed by atoms with Crippen LogP contribution >= 0.6 is 0 Å². The molecule has 1 fully saturated rings. The van der Waals surface area contributed by atoms with E-state index >= 15 is 0 Å². The van der Waals surface area contributed by atoms with Gasteiger partial charge in [0.1, 0.15) is 0 Å². The first-order valence-electron chi connectivity index (χ1n) is 8.09. The first-order chi connectivity index (χ1) is 10.7. The Kier molecular flexibility index (Phi) is 1.55. The SMILES string of the molecule is [2H]C([2H])([2H])C(=CC1C(C)(C)C(C#N)(C#N)C1(C#N)C#N)C([2H])([2H])[2H]. The minimum absolute atomic E-state index is 0.860. The number of rotatable bonds is 1. The summed E-state index contributed by atoms with van der Waals surface area (Å²) in [6, 6.07) is 6.73. The van der Waals surface area contributed by atoms with Crippen LogP contribution in [0.4, 0.5) is 0 Å². The zero-order chi connectivity index (χ0) is 19.2. The van der Waals surface area contributed by atoms with Crippen molar-refractivity contribution in [3.8, 4) is 24.3 Å². The number of allylic oxidation sites excluding steroid dienone is 2. The normalized spacial score (nSPS) is 31.6. The summed E-state index contributed by atoms with van der Waals surface area (Å²) in [7, 11) is 0. The summed E-state index contributed by atoms with van der Waals surface area (Å²) in [5, 5.41) is 37.8. The van der Waals surface area contributed by atoms with Gasteiger partial charge in [-0.1, -0.05) is 25.5 Å². The third-order valence-corrected chi connectivity index (χ3v) is 3.82. The van der Waals surface area contributed by atoms with Gasteiger partial charge in [-0.25, -0.2) is 0 Å². The van der Waals surface area contributed by atoms with E-state index in [0.717, 1.165) is 6.08 Å². The molecular weight excluding hydrogens is 224 g/mol. The molecule has 4 heteroatoms. The number of nitrogens with zero attached hydrogens (tertiary/aromatic N) is 4. The molecule has 0 aliphatic heterocycles. The molecule has 0 N–H and O–H groups in total. The van der Waals surface area contributed by atoms with Gasteiger partial charge in [-0.05, 0) is 13.7 Å². The van der Waals surface area contributed by atoms with Crippen LogP contribution in [0.3, 0.4) is 0 Å². The molecule has 0 aromatic rings. The largest absolute Gasteiger partial charge is 0.196 e. The predicted molar refractivity (Wildman–Crippen MR) is 64.0 cm³/mol. The first kappa shape index (κ1) is 7.20. The van der Waals surface area contributed by atoms with E-state index in [2.05, 4.69) is 0 Å². The van der Waals surface area contributed by atoms with Crippen molar-refractivity contribution in [3.63, 3.8) is 0 Å². The Labute approximate surface area is 116 Å². The van der Waals surface area contributed by atoms with Crippen LogP contribution in [0.15, 0.2) is 11.6 Å². The van der Waals surface area contributed by atoms with Gasteiger partial charge >= 0.3 is 0 Å². The molecule has 0 radical (unpaired) electrons. The highest BCUT2D eigenvalue weighted by atomic mass is 14.8. The van der Waals surface area contributed by atoms with Gasteiger partial charge in [0.25, 0.3) is 0 Å². The van der Waals surface area contributed by atoms with Gasteiger partial charge in [-0.3, -0.25) is 0 Å². The van der Waals surface area contributed by atoms with E-state index in [0.29, 0.717) is 0 Å². The van der Waals surface area contributed by atoms with Gasteiger partial charge in [-0.2, -0.15) is 21.0 Å². The van der Waals surface area contributed by atoms with Crippen LogP contribution in [0.1, 0.15) is 35.8 Å². The Balaban J connectivity index is 3.76. The van der Waals surface area contributed by atoms with Crippen LogP contribution in [-0.2, 0) is 0 Å². The van der Waals surface area contributed by atoms with Crippen LogP contribution in [0.2, 0.25) is 0 Å². The molecule has 0 spiro atoms. The molecule has 90 valence electrons. The third-order valence-electron chi connectivity index (χ3n) is 3.82. The Morgan fingerprint density at radius 1 is 1.06 bits per heavy atom. The Bertz CT molecular complexity index is 701. The number of nitriles is 4. The van der Waals surface area contributed by atoms with Gasteiger partial charge < -0.3 is 0 Å². The van der Waals surface area contributed by atoms with Gasteiger partial charge in [0.15, 0.2) is 10.8 Å². The van der Waals surface area contributed by atoms with Crippen molar-refractivity contribution in [2.45, 2.75) is 27.6 Å². The maximum Gasteiger partial charge on any atom is 0.182 e. The summed E-state index contributed by atoms with van der Waals surface area (Å²) in [5.74, 6) is -1.20. The average Bonchev–Trinajstić information content (AvgIpc) is 2.42. The Morgan fingerprint density at radius 2 is 1.56 bits per heavy atom. The summed E-state index contributed by atoms with van der Waals surface area (Å²) in [5.41, 5.74) is -6.32. The minimum atomic E-state index is -2.96. The summed E-state index contributed by atoms with van der Waals surface area (Å²) >= 11 is 0. The summed E-state index contributed by atoms with van der Waals surface area (Å²) in [4.78, 5) is 0. The highest BCUT2D eigenvalue weighted by molar-refractivity contribution is 5.49. The molecule has 0 bridgehead atoms. The molecule has 1 aliphatic rings. The second kappa shape index (κ2) is 3.87. The molecule has 0 aromatic heterocycles. The maximum absolute atomic E-state index is 9.47. The lowest BCUT2D eigenvalue weighted by Crippen LogP contribution is -2.67. The van der Waals surface area contributed by atoms with Crippen molar-refractivity contribution < 1.29 is 8.22 Å². The second-order valence-electron chi connectivity index (χ2n) is 4.78. The molecule has 1 unspecified atom stereocenters. The van der Waals surface area contributed by atoms with Crippen molar-refractivity contribution in [2.24, 2.45) is 22.2 Å². The fourth-order valence-electron chi connectivity index (χ4n) is 2.76. The monoisotopic (exact) mass is 244 g/mol. The molecule has 1 atom stereocenters. The lowest BCUT2D eigenvalue weighted by Gasteiger charge is -2.61. The lowest BCUT2D eigenvalue weighted by molar-refractivity contribution is -0.103. The summed E-state index contributed by atoms with van der Waals surface area (Å²) in [6.07, 6.45) is 0.860. The highest BCUT2D eigenvalue weighted by Crippen LogP contribution is 2.71. The fourth-order valence-corrected chi connectivity index (χ4v) is 2.76. The van der Waals surface area contributed by atoms with Gasteiger partial charge in [0.05, 0.1) is 24.3 Å². The number of hydrogen-bond acceptors (Lipinski definition) is 4. The summed E-state index contributed by atoms with van der Waals surface area (Å²) < 4.78 is 44.4. The lowest BCUT2D eigenvalue weighted by atomic mass is 9.33. The molecule has 1 rings (SSSR count). The van der Waals surface area contributed by atoms with E-state index in [1.165, 1.54) is 13.8 Å². The van der Waals surface area contributed by atoms with Crippen LogP contribution < -0.4 is 0 Å². The van der Waals surface area contributed by atoms with Crippen molar-refractivity contribution in [1.82, 2.24) is 0 Å². The van der Waals surface area contributed by atoms with Crippen LogP contribution in [0, 0.1) is 67.5 Å². The smallest absolute Gasteiger partial charge is 0.182 e. The van der Waals surface area contributed by atoms with Crippen molar-refractivity contribution in [3.05, 3.63) is 11.6 Å². The third kappa shape index (κ3) is 1.16.